The number of fused-ring (bicyclic) bond motifs is 1. The summed E-state index contributed by atoms with van der Waals surface area (Å²) in [4.78, 5) is 28.9. The van der Waals surface area contributed by atoms with Gasteiger partial charge in [0.05, 0.1) is 6.54 Å². The van der Waals surface area contributed by atoms with Crippen LogP contribution in [0.1, 0.15) is 5.82 Å². The van der Waals surface area contributed by atoms with Gasteiger partial charge in [-0.2, -0.15) is 9.67 Å². The zero-order valence-corrected chi connectivity index (χ0v) is 10.3. The lowest BCUT2D eigenvalue weighted by Gasteiger charge is -2.15. The van der Waals surface area contributed by atoms with E-state index in [-0.39, 0.29) is 12.6 Å². The second-order valence-corrected chi connectivity index (χ2v) is 4.43. The number of carbonyl (C=O) groups excluding carboxylic acids is 1. The molecular weight excluding hydrogens is 256 g/mol. The van der Waals surface area contributed by atoms with Gasteiger partial charge in [-0.15, -0.1) is 0 Å². The minimum absolute atomic E-state index is 0.273. The molecular formula is C11H9ClN4O2. The molecule has 0 radical (unpaired) electrons. The minimum atomic E-state index is -0.427. The van der Waals surface area contributed by atoms with Gasteiger partial charge in [-0.25, -0.2) is 14.3 Å². The van der Waals surface area contributed by atoms with E-state index in [1.165, 1.54) is 21.3 Å². The van der Waals surface area contributed by atoms with Crippen LogP contribution in [0.25, 0.3) is 0 Å². The van der Waals surface area contributed by atoms with Gasteiger partial charge < -0.3 is 0 Å². The van der Waals surface area contributed by atoms with Crippen molar-refractivity contribution in [3.63, 3.8) is 0 Å². The number of hydrogen-bond acceptors (Lipinski definition) is 3. The Kier molecular flexibility index (Phi) is 2.27. The van der Waals surface area contributed by atoms with Crippen molar-refractivity contribution in [1.82, 2.24) is 14.3 Å². The summed E-state index contributed by atoms with van der Waals surface area (Å²) in [7, 11) is 1.51. The lowest BCUT2D eigenvalue weighted by molar-refractivity contribution is 0.245. The summed E-state index contributed by atoms with van der Waals surface area (Å²) in [5.74, 6) is 0.437. The Morgan fingerprint density at radius 3 is 2.78 bits per heavy atom. The first-order valence-electron chi connectivity index (χ1n) is 5.30. The van der Waals surface area contributed by atoms with Crippen molar-refractivity contribution in [2.24, 2.45) is 7.05 Å². The monoisotopic (exact) mass is 264 g/mol. The second-order valence-electron chi connectivity index (χ2n) is 3.99. The Labute approximate surface area is 107 Å². The first-order valence-corrected chi connectivity index (χ1v) is 5.68. The molecule has 6 nitrogen and oxygen atoms in total. The van der Waals surface area contributed by atoms with Crippen LogP contribution < -0.4 is 10.6 Å². The molecule has 0 spiro atoms. The zero-order chi connectivity index (χ0) is 12.9. The fraction of sp³-hybridized carbons (Fsp3) is 0.182. The normalized spacial score (nSPS) is 14.1. The average Bonchev–Trinajstić information content (AvgIpc) is 2.79. The minimum Gasteiger partial charge on any atom is -0.285 e. The number of anilines is 1. The Morgan fingerprint density at radius 2 is 2.11 bits per heavy atom. The molecule has 0 saturated heterocycles. The summed E-state index contributed by atoms with van der Waals surface area (Å²) in [6.45, 7) is 0.273. The number of benzene rings is 1. The van der Waals surface area contributed by atoms with Gasteiger partial charge >= 0.3 is 11.7 Å². The van der Waals surface area contributed by atoms with Gasteiger partial charge in [-0.1, -0.05) is 17.7 Å². The molecule has 3 rings (SSSR count). The molecule has 1 aliphatic rings. The molecule has 92 valence electrons. The molecule has 1 amide bonds. The molecule has 0 bridgehead atoms. The van der Waals surface area contributed by atoms with E-state index in [1.807, 2.05) is 0 Å². The Morgan fingerprint density at radius 1 is 1.33 bits per heavy atom. The molecule has 1 aromatic heterocycles. The highest BCUT2D eigenvalue weighted by molar-refractivity contribution is 6.30. The predicted molar refractivity (Wildman–Crippen MR) is 65.9 cm³/mol. The van der Waals surface area contributed by atoms with Crippen LogP contribution in [-0.4, -0.2) is 20.4 Å². The molecule has 0 N–H and O–H groups in total. The van der Waals surface area contributed by atoms with Crippen molar-refractivity contribution in [3.05, 3.63) is 45.6 Å². The van der Waals surface area contributed by atoms with E-state index in [2.05, 4.69) is 4.98 Å². The lowest BCUT2D eigenvalue weighted by Crippen LogP contribution is -2.32. The maximum Gasteiger partial charge on any atom is 0.364 e. The van der Waals surface area contributed by atoms with E-state index in [0.717, 1.165) is 0 Å². The second kappa shape index (κ2) is 3.71. The largest absolute Gasteiger partial charge is 0.364 e. The smallest absolute Gasteiger partial charge is 0.285 e. The van der Waals surface area contributed by atoms with E-state index in [9.17, 15) is 9.59 Å². The number of carbonyl (C=O) groups is 1. The topological polar surface area (TPSA) is 60.1 Å². The van der Waals surface area contributed by atoms with E-state index in [4.69, 9.17) is 11.6 Å². The molecule has 1 aromatic carbocycles. The van der Waals surface area contributed by atoms with Crippen molar-refractivity contribution in [3.8, 4) is 0 Å². The predicted octanol–water partition coefficient (Wildman–Crippen LogP) is 1.22. The van der Waals surface area contributed by atoms with Crippen LogP contribution in [0.2, 0.25) is 5.02 Å². The van der Waals surface area contributed by atoms with Crippen LogP contribution in [0.3, 0.4) is 0 Å². The van der Waals surface area contributed by atoms with Crippen LogP contribution in [0.15, 0.2) is 29.1 Å². The number of nitrogens with zero attached hydrogens (tertiary/aromatic N) is 4. The van der Waals surface area contributed by atoms with Crippen LogP contribution in [-0.2, 0) is 13.6 Å². The van der Waals surface area contributed by atoms with Crippen LogP contribution in [0.5, 0.6) is 0 Å². The third-order valence-electron chi connectivity index (χ3n) is 2.88. The van der Waals surface area contributed by atoms with Crippen LogP contribution in [0, 0.1) is 0 Å². The molecule has 7 heteroatoms. The Bertz CT molecular complexity index is 703. The SMILES string of the molecule is Cn1c(=O)nc2n1C(=O)N(c1cccc(Cl)c1)C2. The molecule has 0 fully saturated rings. The highest BCUT2D eigenvalue weighted by atomic mass is 35.5. The first-order chi connectivity index (χ1) is 8.58. The van der Waals surface area contributed by atoms with E-state index in [1.54, 1.807) is 24.3 Å². The molecule has 1 aliphatic heterocycles. The van der Waals surface area contributed by atoms with Gasteiger partial charge in [0.2, 0.25) is 0 Å². The van der Waals surface area contributed by atoms with Gasteiger partial charge in [0, 0.05) is 17.8 Å². The highest BCUT2D eigenvalue weighted by Gasteiger charge is 2.32. The molecule has 0 atom stereocenters. The first kappa shape index (κ1) is 11.0. The van der Waals surface area contributed by atoms with Gasteiger partial charge in [0.25, 0.3) is 0 Å². The maximum atomic E-state index is 12.2. The quantitative estimate of drug-likeness (QED) is 0.778. The van der Waals surface area contributed by atoms with Crippen molar-refractivity contribution in [2.45, 2.75) is 6.54 Å². The summed E-state index contributed by atoms with van der Waals surface area (Å²) in [6.07, 6.45) is 0. The van der Waals surface area contributed by atoms with Gasteiger partial charge in [0.1, 0.15) is 0 Å². The average molecular weight is 265 g/mol. The van der Waals surface area contributed by atoms with Crippen molar-refractivity contribution < 1.29 is 4.79 Å². The Hall–Kier alpha value is -2.08. The lowest BCUT2D eigenvalue weighted by atomic mass is 10.3. The molecule has 2 heterocycles. The molecule has 18 heavy (non-hydrogen) atoms. The number of amides is 1. The number of halogens is 1. The molecule has 2 aromatic rings. The van der Waals surface area contributed by atoms with Crippen molar-refractivity contribution in [1.29, 1.82) is 0 Å². The third kappa shape index (κ3) is 1.46. The highest BCUT2D eigenvalue weighted by Crippen LogP contribution is 2.25. The standard InChI is InChI=1S/C11H9ClN4O2/c1-14-10(17)13-9-6-15(11(18)16(9)14)8-4-2-3-7(12)5-8/h2-5H,6H2,1H3. The van der Waals surface area contributed by atoms with Gasteiger partial charge in [0.15, 0.2) is 5.82 Å². The number of aromatic nitrogens is 3. The number of rotatable bonds is 1. The molecule has 0 unspecified atom stereocenters. The van der Waals surface area contributed by atoms with E-state index in [0.29, 0.717) is 16.5 Å². The van der Waals surface area contributed by atoms with E-state index >= 15 is 0 Å². The van der Waals surface area contributed by atoms with Crippen LogP contribution >= 0.6 is 11.6 Å². The van der Waals surface area contributed by atoms with Crippen molar-refractivity contribution in [2.75, 3.05) is 4.90 Å². The fourth-order valence-electron chi connectivity index (χ4n) is 2.00. The fourth-order valence-corrected chi connectivity index (χ4v) is 2.18. The molecule has 0 saturated carbocycles. The molecule has 0 aliphatic carbocycles. The Balaban J connectivity index is 2.05. The summed E-state index contributed by atoms with van der Waals surface area (Å²) < 4.78 is 2.46. The van der Waals surface area contributed by atoms with Crippen LogP contribution in [0.4, 0.5) is 10.5 Å². The maximum absolute atomic E-state index is 12.2. The van der Waals surface area contributed by atoms with Gasteiger partial charge in [-0.05, 0) is 18.2 Å². The van der Waals surface area contributed by atoms with E-state index < -0.39 is 5.69 Å². The summed E-state index contributed by atoms with van der Waals surface area (Å²) in [6, 6.07) is 6.69. The summed E-state index contributed by atoms with van der Waals surface area (Å²) >= 11 is 5.90. The summed E-state index contributed by atoms with van der Waals surface area (Å²) in [5.41, 5.74) is 0.259. The third-order valence-corrected chi connectivity index (χ3v) is 3.11. The number of hydrogen-bond donors (Lipinski definition) is 0. The summed E-state index contributed by atoms with van der Waals surface area (Å²) in [5, 5.41) is 0.554. The zero-order valence-electron chi connectivity index (χ0n) is 9.50. The van der Waals surface area contributed by atoms with Crippen molar-refractivity contribution >= 4 is 23.3 Å². The van der Waals surface area contributed by atoms with Gasteiger partial charge in [-0.3, -0.25) is 4.90 Å².